The Labute approximate surface area is 156 Å². The van der Waals surface area contributed by atoms with E-state index in [0.29, 0.717) is 18.7 Å². The van der Waals surface area contributed by atoms with E-state index in [1.54, 1.807) is 12.1 Å². The third-order valence-electron chi connectivity index (χ3n) is 4.20. The molecule has 4 nitrogen and oxygen atoms in total. The molecule has 2 aromatic carbocycles. The molecule has 1 atom stereocenters. The summed E-state index contributed by atoms with van der Waals surface area (Å²) in [6.07, 6.45) is 3.07. The average molecular weight is 404 g/mol. The molecular formula is C20H22BrNO3. The molecule has 0 spiro atoms. The van der Waals surface area contributed by atoms with Crippen molar-refractivity contribution in [2.24, 2.45) is 0 Å². The number of rotatable bonds is 7. The number of benzene rings is 2. The van der Waals surface area contributed by atoms with Crippen LogP contribution in [-0.4, -0.2) is 31.8 Å². The topological polar surface area (TPSA) is 47.6 Å². The minimum Gasteiger partial charge on any atom is -0.492 e. The summed E-state index contributed by atoms with van der Waals surface area (Å²) in [7, 11) is 0. The first kappa shape index (κ1) is 18.0. The van der Waals surface area contributed by atoms with Crippen LogP contribution in [0.25, 0.3) is 0 Å². The zero-order chi connectivity index (χ0) is 17.5. The maximum Gasteiger partial charge on any atom is 0.251 e. The highest BCUT2D eigenvalue weighted by Crippen LogP contribution is 2.26. The van der Waals surface area contributed by atoms with Crippen LogP contribution >= 0.6 is 15.9 Å². The van der Waals surface area contributed by atoms with Crippen molar-refractivity contribution in [3.8, 4) is 5.75 Å². The molecule has 1 saturated heterocycles. The summed E-state index contributed by atoms with van der Waals surface area (Å²) in [5.41, 5.74) is 1.85. The lowest BCUT2D eigenvalue weighted by molar-refractivity contribution is 0.0857. The van der Waals surface area contributed by atoms with Crippen LogP contribution < -0.4 is 10.1 Å². The maximum absolute atomic E-state index is 12.2. The fourth-order valence-corrected chi connectivity index (χ4v) is 3.29. The molecule has 1 unspecified atom stereocenters. The molecule has 1 aliphatic heterocycles. The van der Waals surface area contributed by atoms with E-state index in [2.05, 4.69) is 33.4 Å². The third kappa shape index (κ3) is 5.31. The largest absolute Gasteiger partial charge is 0.492 e. The molecule has 1 heterocycles. The van der Waals surface area contributed by atoms with Gasteiger partial charge >= 0.3 is 0 Å². The average Bonchev–Trinajstić information content (AvgIpc) is 3.15. The van der Waals surface area contributed by atoms with Crippen molar-refractivity contribution in [1.29, 1.82) is 0 Å². The Morgan fingerprint density at radius 2 is 2.08 bits per heavy atom. The number of hydrogen-bond donors (Lipinski definition) is 1. The van der Waals surface area contributed by atoms with Gasteiger partial charge in [0, 0.05) is 25.1 Å². The predicted octanol–water partition coefficient (Wildman–Crippen LogP) is 3.98. The molecular weight excluding hydrogens is 382 g/mol. The lowest BCUT2D eigenvalue weighted by atomic mass is 10.1. The van der Waals surface area contributed by atoms with E-state index < -0.39 is 0 Å². The van der Waals surface area contributed by atoms with Gasteiger partial charge in [-0.2, -0.15) is 0 Å². The zero-order valence-corrected chi connectivity index (χ0v) is 15.6. The molecule has 25 heavy (non-hydrogen) atoms. The summed E-state index contributed by atoms with van der Waals surface area (Å²) in [6.45, 7) is 1.94. The molecule has 2 aromatic rings. The van der Waals surface area contributed by atoms with Gasteiger partial charge in [0.15, 0.2) is 0 Å². The Morgan fingerprint density at radius 1 is 1.24 bits per heavy atom. The molecule has 0 radical (unpaired) electrons. The van der Waals surface area contributed by atoms with Gasteiger partial charge in [-0.05, 0) is 52.5 Å². The molecule has 132 valence electrons. The van der Waals surface area contributed by atoms with E-state index in [1.807, 2.05) is 24.3 Å². The van der Waals surface area contributed by atoms with Gasteiger partial charge in [-0.15, -0.1) is 0 Å². The number of halogens is 1. The predicted molar refractivity (Wildman–Crippen MR) is 101 cm³/mol. The number of hydrogen-bond acceptors (Lipinski definition) is 3. The highest BCUT2D eigenvalue weighted by Gasteiger charge is 2.17. The van der Waals surface area contributed by atoms with E-state index in [9.17, 15) is 4.79 Å². The van der Waals surface area contributed by atoms with E-state index >= 15 is 0 Å². The van der Waals surface area contributed by atoms with E-state index in [-0.39, 0.29) is 12.0 Å². The molecule has 0 saturated carbocycles. The summed E-state index contributed by atoms with van der Waals surface area (Å²) in [4.78, 5) is 12.2. The lowest BCUT2D eigenvalue weighted by Crippen LogP contribution is -2.31. The highest BCUT2D eigenvalue weighted by molar-refractivity contribution is 9.10. The van der Waals surface area contributed by atoms with Crippen molar-refractivity contribution in [3.05, 3.63) is 64.1 Å². The van der Waals surface area contributed by atoms with Gasteiger partial charge in [0.25, 0.3) is 5.91 Å². The lowest BCUT2D eigenvalue weighted by Gasteiger charge is -2.12. The van der Waals surface area contributed by atoms with E-state index in [4.69, 9.17) is 9.47 Å². The summed E-state index contributed by atoms with van der Waals surface area (Å²) in [5.74, 6) is 0.652. The fourth-order valence-electron chi connectivity index (χ4n) is 2.80. The molecule has 1 fully saturated rings. The van der Waals surface area contributed by atoms with Gasteiger partial charge in [-0.1, -0.05) is 30.3 Å². The van der Waals surface area contributed by atoms with Crippen LogP contribution in [-0.2, 0) is 11.2 Å². The first-order valence-corrected chi connectivity index (χ1v) is 9.38. The Bertz CT molecular complexity index is 699. The normalized spacial score (nSPS) is 16.6. The Balaban J connectivity index is 1.50. The maximum atomic E-state index is 12.2. The Kier molecular flexibility index (Phi) is 6.48. The van der Waals surface area contributed by atoms with Gasteiger partial charge in [-0.3, -0.25) is 4.79 Å². The van der Waals surface area contributed by atoms with Crippen LogP contribution in [0.15, 0.2) is 53.0 Å². The molecule has 5 heteroatoms. The molecule has 1 N–H and O–H groups in total. The first-order chi connectivity index (χ1) is 12.2. The molecule has 3 rings (SSSR count). The third-order valence-corrected chi connectivity index (χ3v) is 4.82. The second-order valence-electron chi connectivity index (χ2n) is 6.07. The van der Waals surface area contributed by atoms with E-state index in [0.717, 1.165) is 36.1 Å². The van der Waals surface area contributed by atoms with Gasteiger partial charge in [0.2, 0.25) is 0 Å². The minimum atomic E-state index is -0.0907. The van der Waals surface area contributed by atoms with Crippen LogP contribution in [0.4, 0.5) is 0 Å². The highest BCUT2D eigenvalue weighted by atomic mass is 79.9. The van der Waals surface area contributed by atoms with E-state index in [1.165, 1.54) is 5.56 Å². The van der Waals surface area contributed by atoms with Crippen LogP contribution in [0.5, 0.6) is 5.75 Å². The van der Waals surface area contributed by atoms with Gasteiger partial charge < -0.3 is 14.8 Å². The number of carbonyl (C=O) groups is 1. The smallest absolute Gasteiger partial charge is 0.251 e. The standard InChI is InChI=1S/C20H22BrNO3/c21-18-13-16(20(23)22-14-17-7-4-11-24-17)8-9-19(18)25-12-10-15-5-2-1-3-6-15/h1-3,5-6,8-9,13,17H,4,7,10-12,14H2,(H,22,23). The van der Waals surface area contributed by atoms with Gasteiger partial charge in [-0.25, -0.2) is 0 Å². The number of ether oxygens (including phenoxy) is 2. The minimum absolute atomic E-state index is 0.0907. The second kappa shape index (κ2) is 9.02. The molecule has 0 aliphatic carbocycles. The zero-order valence-electron chi connectivity index (χ0n) is 14.0. The molecule has 0 aromatic heterocycles. The molecule has 1 aliphatic rings. The van der Waals surface area contributed by atoms with Crippen molar-refractivity contribution in [3.63, 3.8) is 0 Å². The van der Waals surface area contributed by atoms with Crippen molar-refractivity contribution in [1.82, 2.24) is 5.32 Å². The van der Waals surface area contributed by atoms with Crippen LogP contribution in [0.1, 0.15) is 28.8 Å². The number of nitrogens with one attached hydrogen (secondary N) is 1. The SMILES string of the molecule is O=C(NCC1CCCO1)c1ccc(OCCc2ccccc2)c(Br)c1. The second-order valence-corrected chi connectivity index (χ2v) is 6.93. The van der Waals surface area contributed by atoms with Crippen LogP contribution in [0, 0.1) is 0 Å². The summed E-state index contributed by atoms with van der Waals surface area (Å²) < 4.78 is 12.1. The number of amides is 1. The summed E-state index contributed by atoms with van der Waals surface area (Å²) in [5, 5.41) is 2.93. The summed E-state index contributed by atoms with van der Waals surface area (Å²) in [6, 6.07) is 15.6. The monoisotopic (exact) mass is 403 g/mol. The van der Waals surface area contributed by atoms with Crippen molar-refractivity contribution in [2.45, 2.75) is 25.4 Å². The fraction of sp³-hybridized carbons (Fsp3) is 0.350. The number of carbonyl (C=O) groups excluding carboxylic acids is 1. The Morgan fingerprint density at radius 3 is 2.80 bits per heavy atom. The quantitative estimate of drug-likeness (QED) is 0.760. The molecule has 1 amide bonds. The Hall–Kier alpha value is -1.85. The molecule has 0 bridgehead atoms. The first-order valence-electron chi connectivity index (χ1n) is 8.58. The van der Waals surface area contributed by atoms with Crippen molar-refractivity contribution >= 4 is 21.8 Å². The van der Waals surface area contributed by atoms with Gasteiger partial charge in [0.05, 0.1) is 17.2 Å². The van der Waals surface area contributed by atoms with Crippen LogP contribution in [0.3, 0.4) is 0 Å². The summed E-state index contributed by atoms with van der Waals surface area (Å²) >= 11 is 3.49. The van der Waals surface area contributed by atoms with Crippen molar-refractivity contribution < 1.29 is 14.3 Å². The van der Waals surface area contributed by atoms with Crippen molar-refractivity contribution in [2.75, 3.05) is 19.8 Å². The van der Waals surface area contributed by atoms with Crippen LogP contribution in [0.2, 0.25) is 0 Å². The van der Waals surface area contributed by atoms with Gasteiger partial charge in [0.1, 0.15) is 5.75 Å².